The van der Waals surface area contributed by atoms with Crippen molar-refractivity contribution >= 4 is 52.9 Å². The zero-order valence-corrected chi connectivity index (χ0v) is 60.7. The van der Waals surface area contributed by atoms with E-state index >= 15 is 0 Å². The number of carbonyl (C=O) groups is 9. The summed E-state index contributed by atoms with van der Waals surface area (Å²) in [7, 11) is 0. The third kappa shape index (κ3) is 36.9. The number of nitrogens with two attached hydrogens (primary N) is 4. The fourth-order valence-corrected chi connectivity index (χ4v) is 11.8. The highest BCUT2D eigenvalue weighted by molar-refractivity contribution is 5.80. The Morgan fingerprint density at radius 2 is 0.622 bits per heavy atom. The molecule has 3 aliphatic rings. The fraction of sp³-hybridized carbons (Fsp3) is 0.873. The summed E-state index contributed by atoms with van der Waals surface area (Å²) in [4.78, 5) is 110. The molecule has 3 heterocycles. The molecule has 0 aliphatic carbocycles. The molecule has 98 heavy (non-hydrogen) atoms. The van der Waals surface area contributed by atoms with E-state index < -0.39 is 24.4 Å². The number of ether oxygens (including phenoxy) is 12. The number of amides is 2. The van der Waals surface area contributed by atoms with Gasteiger partial charge in [-0.3, -0.25) is 43.2 Å². The molecule has 0 aromatic rings. The second-order valence-electron chi connectivity index (χ2n) is 27.5. The van der Waals surface area contributed by atoms with E-state index in [0.29, 0.717) is 148 Å². The van der Waals surface area contributed by atoms with Gasteiger partial charge in [0.05, 0.1) is 81.6 Å². The zero-order valence-electron chi connectivity index (χ0n) is 60.7. The number of rotatable bonds is 55. The number of carbonyl (C=O) groups excluding carboxylic acids is 9. The van der Waals surface area contributed by atoms with Crippen molar-refractivity contribution in [3.63, 3.8) is 0 Å². The van der Waals surface area contributed by atoms with Gasteiger partial charge in [-0.2, -0.15) is 0 Å². The zero-order chi connectivity index (χ0) is 72.4. The molecular formula is C71H126N6O21. The number of ketones is 4. The molecule has 566 valence electrons. The van der Waals surface area contributed by atoms with Gasteiger partial charge in [-0.05, 0) is 106 Å². The molecule has 3 fully saturated rings. The summed E-state index contributed by atoms with van der Waals surface area (Å²) < 4.78 is 69.2. The molecule has 27 heteroatoms. The van der Waals surface area contributed by atoms with Crippen LogP contribution in [0.1, 0.15) is 210 Å². The average molecular weight is 1400 g/mol. The molecule has 3 rings (SSSR count). The number of hydrogen-bond donors (Lipinski definition) is 6. The van der Waals surface area contributed by atoms with E-state index in [1.54, 1.807) is 0 Å². The highest BCUT2D eigenvalue weighted by Crippen LogP contribution is 2.33. The Kier molecular flexibility index (Phi) is 44.7. The normalized spacial score (nSPS) is 26.2. The van der Waals surface area contributed by atoms with E-state index in [-0.39, 0.29) is 204 Å². The van der Waals surface area contributed by atoms with Crippen LogP contribution in [0.4, 0.5) is 0 Å². The van der Waals surface area contributed by atoms with Gasteiger partial charge in [0.2, 0.25) is 11.8 Å². The maximum Gasteiger partial charge on any atom is 0.302 e. The number of hydrogen-bond acceptors (Lipinski definition) is 25. The van der Waals surface area contributed by atoms with Gasteiger partial charge in [0, 0.05) is 118 Å². The topological polar surface area (TPSA) is 393 Å². The third-order valence-electron chi connectivity index (χ3n) is 19.1. The highest BCUT2D eigenvalue weighted by Gasteiger charge is 2.43. The van der Waals surface area contributed by atoms with Crippen molar-refractivity contribution in [2.75, 3.05) is 92.4 Å². The lowest BCUT2D eigenvalue weighted by Gasteiger charge is -2.42. The van der Waals surface area contributed by atoms with Gasteiger partial charge in [0.1, 0.15) is 43.0 Å². The monoisotopic (exact) mass is 1400 g/mol. The SMILES string of the molecule is CC(=O)OCC1OC(OCCCCC(=O)CCCCCC(=O)CCOCC(N)(COCCC(=O)CCCCCC(=O)CCCCOC2OC(COC(C)=O)C(C)C(C)C2N)COCCC(=O)NCCCNC(=O)CCCCOC2OC(COC(C)=O)C(C)C(C)C2N)C(N)C(C)C1C. The standard InChI is InChI=1S/C71H126N6O21/c1-47-50(4)65(72)68(96-60(47)41-93-53(7)78)90-35-19-16-27-56(81)23-12-10-14-25-58(83)30-38-87-44-71(75,45-88-39-31-59(84)26-15-11-13-24-57(82)28-17-20-36-91-69-66(73)51(5)48(2)61(97-69)42-94-54(8)79)46-89-40-32-64(86)77-34-22-33-76-63(85)29-18-21-37-92-70-67(74)52(6)49(3)62(98-70)43-95-55(9)80/h47-52,60-62,65-70H,10-46,72-75H2,1-9H3,(H,76,85)(H,77,86). The van der Waals surface area contributed by atoms with Crippen LogP contribution in [0, 0.1) is 35.5 Å². The smallest absolute Gasteiger partial charge is 0.302 e. The number of unbranched alkanes of at least 4 members (excludes halogenated alkanes) is 7. The minimum absolute atomic E-state index is 0.0217. The highest BCUT2D eigenvalue weighted by atomic mass is 16.7. The van der Waals surface area contributed by atoms with Gasteiger partial charge < -0.3 is 90.4 Å². The first-order chi connectivity index (χ1) is 46.7. The van der Waals surface area contributed by atoms with Gasteiger partial charge in [-0.25, -0.2) is 0 Å². The summed E-state index contributed by atoms with van der Waals surface area (Å²) in [5.74, 6) is -0.568. The quantitative estimate of drug-likeness (QED) is 0.0233. The van der Waals surface area contributed by atoms with Crippen molar-refractivity contribution in [3.05, 3.63) is 0 Å². The Bertz CT molecular complexity index is 2090. The Hall–Kier alpha value is -4.49. The van der Waals surface area contributed by atoms with Gasteiger partial charge in [0.25, 0.3) is 0 Å². The molecule has 3 aliphatic heterocycles. The number of Topliss-reactive ketones (excluding diaryl/α,β-unsaturated/α-hetero) is 4. The van der Waals surface area contributed by atoms with Crippen LogP contribution in [0.25, 0.3) is 0 Å². The molecule has 15 atom stereocenters. The van der Waals surface area contributed by atoms with Crippen molar-refractivity contribution in [2.24, 2.45) is 58.4 Å². The van der Waals surface area contributed by atoms with E-state index in [0.717, 1.165) is 12.8 Å². The van der Waals surface area contributed by atoms with Crippen LogP contribution in [0.3, 0.4) is 0 Å². The lowest BCUT2D eigenvalue weighted by Crippen LogP contribution is -2.55. The maximum atomic E-state index is 12.8. The van der Waals surface area contributed by atoms with Crippen LogP contribution >= 0.6 is 0 Å². The van der Waals surface area contributed by atoms with Crippen molar-refractivity contribution in [1.82, 2.24) is 10.6 Å². The van der Waals surface area contributed by atoms with E-state index in [1.165, 1.54) is 20.8 Å². The van der Waals surface area contributed by atoms with Crippen molar-refractivity contribution in [3.8, 4) is 0 Å². The van der Waals surface area contributed by atoms with Crippen molar-refractivity contribution in [1.29, 1.82) is 0 Å². The molecule has 27 nitrogen and oxygen atoms in total. The molecule has 15 unspecified atom stereocenters. The summed E-state index contributed by atoms with van der Waals surface area (Å²) >= 11 is 0. The first kappa shape index (κ1) is 87.7. The predicted octanol–water partition coefficient (Wildman–Crippen LogP) is 5.93. The van der Waals surface area contributed by atoms with Gasteiger partial charge in [-0.15, -0.1) is 0 Å². The summed E-state index contributed by atoms with van der Waals surface area (Å²) in [5.41, 5.74) is 24.8. The molecule has 0 aromatic carbocycles. The largest absolute Gasteiger partial charge is 0.463 e. The van der Waals surface area contributed by atoms with E-state index in [4.69, 9.17) is 79.8 Å². The molecule has 0 aromatic heterocycles. The van der Waals surface area contributed by atoms with Crippen molar-refractivity contribution < 1.29 is 100.0 Å². The second kappa shape index (κ2) is 50.0. The molecule has 10 N–H and O–H groups in total. The van der Waals surface area contributed by atoms with Crippen LogP contribution in [-0.4, -0.2) is 206 Å². The van der Waals surface area contributed by atoms with Crippen LogP contribution in [0.15, 0.2) is 0 Å². The van der Waals surface area contributed by atoms with E-state index in [2.05, 4.69) is 10.6 Å². The van der Waals surface area contributed by atoms with Crippen molar-refractivity contribution in [2.45, 2.75) is 271 Å². The summed E-state index contributed by atoms with van der Waals surface area (Å²) in [6.45, 7) is 18.7. The third-order valence-corrected chi connectivity index (χ3v) is 19.1. The van der Waals surface area contributed by atoms with Crippen LogP contribution in [0.2, 0.25) is 0 Å². The molecule has 0 spiro atoms. The first-order valence-corrected chi connectivity index (χ1v) is 36.3. The number of nitrogens with one attached hydrogen (secondary N) is 2. The lowest BCUT2D eigenvalue weighted by atomic mass is 9.82. The molecule has 3 saturated heterocycles. The minimum Gasteiger partial charge on any atom is -0.463 e. The Labute approximate surface area is 583 Å². The minimum atomic E-state index is -1.17. The van der Waals surface area contributed by atoms with Gasteiger partial charge >= 0.3 is 17.9 Å². The molecular weight excluding hydrogens is 1270 g/mol. The Morgan fingerprint density at radius 3 is 0.939 bits per heavy atom. The lowest BCUT2D eigenvalue weighted by molar-refractivity contribution is -0.239. The van der Waals surface area contributed by atoms with Gasteiger partial charge in [0.15, 0.2) is 18.9 Å². The maximum absolute atomic E-state index is 12.8. The predicted molar refractivity (Wildman–Crippen MR) is 364 cm³/mol. The van der Waals surface area contributed by atoms with E-state index in [1.807, 2.05) is 41.5 Å². The molecule has 0 bridgehead atoms. The van der Waals surface area contributed by atoms with E-state index in [9.17, 15) is 43.2 Å². The van der Waals surface area contributed by atoms with Crippen LogP contribution in [-0.2, 0) is 100.0 Å². The first-order valence-electron chi connectivity index (χ1n) is 36.3. The van der Waals surface area contributed by atoms with Crippen LogP contribution < -0.4 is 33.6 Å². The Balaban J connectivity index is 1.32. The number of esters is 3. The fourth-order valence-electron chi connectivity index (χ4n) is 11.8. The second-order valence-corrected chi connectivity index (χ2v) is 27.5. The molecule has 0 saturated carbocycles. The molecule has 0 radical (unpaired) electrons. The molecule has 2 amide bonds. The van der Waals surface area contributed by atoms with Gasteiger partial charge in [-0.1, -0.05) is 54.4 Å². The van der Waals surface area contributed by atoms with Crippen LogP contribution in [0.5, 0.6) is 0 Å². The summed E-state index contributed by atoms with van der Waals surface area (Å²) in [6, 6.07) is -0.994. The summed E-state index contributed by atoms with van der Waals surface area (Å²) in [5, 5.41) is 5.72. The Morgan fingerprint density at radius 1 is 0.347 bits per heavy atom. The summed E-state index contributed by atoms with van der Waals surface area (Å²) in [6.07, 6.45) is 8.80. The average Bonchev–Trinajstić information content (AvgIpc) is 0.834.